The maximum absolute atomic E-state index is 12.7. The maximum atomic E-state index is 12.7. The molecular weight excluding hydrogens is 332 g/mol. The molecule has 0 aliphatic heterocycles. The monoisotopic (exact) mass is 356 g/mol. The number of carbonyl (C=O) groups is 1. The highest BCUT2D eigenvalue weighted by Crippen LogP contribution is 2.26. The highest BCUT2D eigenvalue weighted by atomic mass is 16.6. The van der Waals surface area contributed by atoms with Gasteiger partial charge in [-0.2, -0.15) is 0 Å². The van der Waals surface area contributed by atoms with E-state index in [9.17, 15) is 14.9 Å². The van der Waals surface area contributed by atoms with E-state index in [1.807, 2.05) is 58.0 Å². The summed E-state index contributed by atoms with van der Waals surface area (Å²) in [5.41, 5.74) is 1.19. The van der Waals surface area contributed by atoms with E-state index in [0.717, 1.165) is 11.1 Å². The summed E-state index contributed by atoms with van der Waals surface area (Å²) in [6, 6.07) is 15.6. The Labute approximate surface area is 153 Å². The summed E-state index contributed by atoms with van der Waals surface area (Å²) < 4.78 is 5.56. The van der Waals surface area contributed by atoms with E-state index in [-0.39, 0.29) is 11.7 Å². The maximum Gasteiger partial charge on any atom is 0.411 e. The van der Waals surface area contributed by atoms with Crippen molar-refractivity contribution in [3.8, 4) is 0 Å². The van der Waals surface area contributed by atoms with Crippen LogP contribution in [0.5, 0.6) is 0 Å². The van der Waals surface area contributed by atoms with Crippen LogP contribution in [0.3, 0.4) is 0 Å². The first-order valence-electron chi connectivity index (χ1n) is 8.45. The third kappa shape index (κ3) is 5.31. The number of benzene rings is 2. The molecule has 0 aromatic heterocycles. The number of nitro benzene ring substituents is 1. The van der Waals surface area contributed by atoms with E-state index in [0.29, 0.717) is 6.54 Å². The van der Waals surface area contributed by atoms with Gasteiger partial charge in [-0.25, -0.2) is 4.79 Å². The molecular formula is C20H24N2O4. The van der Waals surface area contributed by atoms with Crippen LogP contribution >= 0.6 is 0 Å². The van der Waals surface area contributed by atoms with Crippen molar-refractivity contribution >= 4 is 11.8 Å². The summed E-state index contributed by atoms with van der Waals surface area (Å²) in [5, 5.41) is 10.8. The lowest BCUT2D eigenvalue weighted by molar-refractivity contribution is -0.384. The molecule has 26 heavy (non-hydrogen) atoms. The number of amides is 1. The predicted molar refractivity (Wildman–Crippen MR) is 99.7 cm³/mol. The molecule has 1 atom stereocenters. The van der Waals surface area contributed by atoms with Gasteiger partial charge < -0.3 is 4.74 Å². The Morgan fingerprint density at radius 2 is 1.69 bits per heavy atom. The highest BCUT2D eigenvalue weighted by Gasteiger charge is 2.27. The van der Waals surface area contributed by atoms with E-state index in [1.165, 1.54) is 12.1 Å². The van der Waals surface area contributed by atoms with Gasteiger partial charge in [-0.1, -0.05) is 42.5 Å². The number of rotatable bonds is 5. The topological polar surface area (TPSA) is 72.7 Å². The van der Waals surface area contributed by atoms with Gasteiger partial charge in [-0.3, -0.25) is 15.0 Å². The van der Waals surface area contributed by atoms with Crippen molar-refractivity contribution in [1.29, 1.82) is 0 Å². The van der Waals surface area contributed by atoms with E-state index in [1.54, 1.807) is 17.0 Å². The van der Waals surface area contributed by atoms with Gasteiger partial charge in [-0.05, 0) is 38.8 Å². The Kier molecular flexibility index (Phi) is 5.97. The van der Waals surface area contributed by atoms with Gasteiger partial charge in [0.1, 0.15) is 5.60 Å². The SMILES string of the molecule is CC(c1ccc([N+](=O)[O-])cc1)N(Cc1ccccc1)C(=O)OC(C)(C)C. The summed E-state index contributed by atoms with van der Waals surface area (Å²) in [6.07, 6.45) is -0.424. The smallest absolute Gasteiger partial charge is 0.411 e. The Morgan fingerprint density at radius 1 is 1.12 bits per heavy atom. The zero-order valence-corrected chi connectivity index (χ0v) is 15.5. The normalized spacial score (nSPS) is 12.3. The van der Waals surface area contributed by atoms with Crippen molar-refractivity contribution in [2.24, 2.45) is 0 Å². The second-order valence-corrected chi connectivity index (χ2v) is 7.12. The summed E-state index contributed by atoms with van der Waals surface area (Å²) in [5.74, 6) is 0. The first-order chi connectivity index (χ1) is 12.2. The molecule has 6 nitrogen and oxygen atoms in total. The molecule has 2 rings (SSSR count). The zero-order valence-electron chi connectivity index (χ0n) is 15.5. The standard InChI is InChI=1S/C20H24N2O4/c1-15(17-10-12-18(13-11-17)22(24)25)21(19(23)26-20(2,3)4)14-16-8-6-5-7-9-16/h5-13,15H,14H2,1-4H3. The van der Waals surface area contributed by atoms with Gasteiger partial charge in [0.25, 0.3) is 5.69 Å². The van der Waals surface area contributed by atoms with E-state index in [2.05, 4.69) is 0 Å². The van der Waals surface area contributed by atoms with Gasteiger partial charge in [0, 0.05) is 18.7 Å². The van der Waals surface area contributed by atoms with E-state index >= 15 is 0 Å². The quantitative estimate of drug-likeness (QED) is 0.552. The largest absolute Gasteiger partial charge is 0.444 e. The summed E-state index contributed by atoms with van der Waals surface area (Å²) in [7, 11) is 0. The van der Waals surface area contributed by atoms with Crippen LogP contribution in [0, 0.1) is 10.1 Å². The van der Waals surface area contributed by atoms with Gasteiger partial charge in [-0.15, -0.1) is 0 Å². The molecule has 6 heteroatoms. The van der Waals surface area contributed by atoms with Crippen molar-refractivity contribution in [2.75, 3.05) is 0 Å². The van der Waals surface area contributed by atoms with Crippen LogP contribution in [0.1, 0.15) is 44.9 Å². The fourth-order valence-corrected chi connectivity index (χ4v) is 2.51. The Morgan fingerprint density at radius 3 is 2.19 bits per heavy atom. The third-order valence-electron chi connectivity index (χ3n) is 3.88. The predicted octanol–water partition coefficient (Wildman–Crippen LogP) is 5.09. The number of nitro groups is 1. The van der Waals surface area contributed by atoms with Crippen LogP contribution in [0.15, 0.2) is 54.6 Å². The molecule has 0 fully saturated rings. The van der Waals surface area contributed by atoms with Gasteiger partial charge in [0.2, 0.25) is 0 Å². The number of non-ortho nitro benzene ring substituents is 1. The van der Waals surface area contributed by atoms with Gasteiger partial charge in [0.05, 0.1) is 11.0 Å². The summed E-state index contributed by atoms with van der Waals surface area (Å²) in [6.45, 7) is 7.73. The third-order valence-corrected chi connectivity index (χ3v) is 3.88. The molecule has 138 valence electrons. The van der Waals surface area contributed by atoms with Crippen LogP contribution in [0.2, 0.25) is 0 Å². The minimum Gasteiger partial charge on any atom is -0.444 e. The fraction of sp³-hybridized carbons (Fsp3) is 0.350. The molecule has 2 aromatic carbocycles. The Hall–Kier alpha value is -2.89. The van der Waals surface area contributed by atoms with Gasteiger partial charge >= 0.3 is 6.09 Å². The molecule has 0 bridgehead atoms. The first kappa shape index (κ1) is 19.4. The van der Waals surface area contributed by atoms with Crippen molar-refractivity contribution in [1.82, 2.24) is 4.90 Å². The molecule has 0 heterocycles. The number of hydrogen-bond donors (Lipinski definition) is 0. The van der Waals surface area contributed by atoms with Crippen molar-refractivity contribution in [3.63, 3.8) is 0 Å². The van der Waals surface area contributed by atoms with Crippen molar-refractivity contribution in [3.05, 3.63) is 75.8 Å². The Balaban J connectivity index is 2.28. The van der Waals surface area contributed by atoms with Gasteiger partial charge in [0.15, 0.2) is 0 Å². The van der Waals surface area contributed by atoms with E-state index < -0.39 is 16.6 Å². The molecule has 0 saturated heterocycles. The second kappa shape index (κ2) is 7.99. The molecule has 2 aromatic rings. The molecule has 0 N–H and O–H groups in total. The molecule has 0 radical (unpaired) electrons. The molecule has 1 unspecified atom stereocenters. The minimum atomic E-state index is -0.610. The number of nitrogens with zero attached hydrogens (tertiary/aromatic N) is 2. The van der Waals surface area contributed by atoms with Crippen LogP contribution in [0.25, 0.3) is 0 Å². The molecule has 0 saturated carbocycles. The van der Waals surface area contributed by atoms with Crippen LogP contribution in [0.4, 0.5) is 10.5 Å². The van der Waals surface area contributed by atoms with Crippen molar-refractivity contribution in [2.45, 2.75) is 45.9 Å². The Bertz CT molecular complexity index is 752. The number of hydrogen-bond acceptors (Lipinski definition) is 4. The fourth-order valence-electron chi connectivity index (χ4n) is 2.51. The van der Waals surface area contributed by atoms with Crippen LogP contribution in [-0.4, -0.2) is 21.5 Å². The number of ether oxygens (including phenoxy) is 1. The lowest BCUT2D eigenvalue weighted by Crippen LogP contribution is -2.38. The van der Waals surface area contributed by atoms with Crippen LogP contribution in [-0.2, 0) is 11.3 Å². The number of carbonyl (C=O) groups excluding carboxylic acids is 1. The summed E-state index contributed by atoms with van der Waals surface area (Å²) in [4.78, 5) is 24.8. The lowest BCUT2D eigenvalue weighted by atomic mass is 10.1. The highest BCUT2D eigenvalue weighted by molar-refractivity contribution is 5.69. The molecule has 1 amide bonds. The molecule has 0 spiro atoms. The minimum absolute atomic E-state index is 0.0211. The average molecular weight is 356 g/mol. The average Bonchev–Trinajstić information content (AvgIpc) is 2.58. The lowest BCUT2D eigenvalue weighted by Gasteiger charge is -2.32. The van der Waals surface area contributed by atoms with E-state index in [4.69, 9.17) is 4.74 Å². The van der Waals surface area contributed by atoms with Crippen molar-refractivity contribution < 1.29 is 14.5 Å². The van der Waals surface area contributed by atoms with Crippen LogP contribution < -0.4 is 0 Å². The molecule has 0 aliphatic carbocycles. The first-order valence-corrected chi connectivity index (χ1v) is 8.45. The second-order valence-electron chi connectivity index (χ2n) is 7.12. The zero-order chi connectivity index (χ0) is 19.3. The molecule has 0 aliphatic rings. The summed E-state index contributed by atoms with van der Waals surface area (Å²) >= 11 is 0.